The number of hydrogen-bond acceptors (Lipinski definition) is 8. The van der Waals surface area contributed by atoms with Gasteiger partial charge in [0.1, 0.15) is 11.5 Å². The molecule has 52 heavy (non-hydrogen) atoms. The lowest BCUT2D eigenvalue weighted by Crippen LogP contribution is -2.56. The average molecular weight is 750 g/mol. The van der Waals surface area contributed by atoms with Crippen molar-refractivity contribution in [1.29, 1.82) is 0 Å². The molecule has 0 radical (unpaired) electrons. The number of carbonyl (C=O) groups is 1. The van der Waals surface area contributed by atoms with Crippen LogP contribution in [0.4, 0.5) is 21.5 Å². The standard InChI is InChI=1S/C38H36Cl2FN5O6/c1-24(2)20-43(38(48)30-12-15-35(45(49)50)34(42)17-30)21-26-4-3-5-27(16-26)23-44(46(51,52)36-19-31(39)18-33(40)37(36)47)22-25-6-8-28(9-7-25)29-10-13-32(41)14-11-29/h3-19,24,51-52H,20-23,42H2,1-2H3/p+1. The van der Waals surface area contributed by atoms with E-state index in [1.807, 2.05) is 38.1 Å². The molecule has 0 aromatic heterocycles. The number of rotatable bonds is 13. The summed E-state index contributed by atoms with van der Waals surface area (Å²) in [6, 6.07) is 26.9. The van der Waals surface area contributed by atoms with Crippen LogP contribution in [0.5, 0.6) is 5.75 Å². The second kappa shape index (κ2) is 16.1. The monoisotopic (exact) mass is 748 g/mol. The molecule has 0 spiro atoms. The third kappa shape index (κ3) is 9.04. The van der Waals surface area contributed by atoms with Crippen molar-refractivity contribution in [2.75, 3.05) is 12.3 Å². The number of nitrogens with two attached hydrogens (primary N) is 1. The maximum Gasteiger partial charge on any atom is 0.292 e. The number of halogens is 3. The lowest BCUT2D eigenvalue weighted by Gasteiger charge is -2.32. The number of benzene rings is 5. The van der Waals surface area contributed by atoms with Gasteiger partial charge in [-0.1, -0.05) is 103 Å². The molecule has 1 amide bonds. The molecule has 0 fully saturated rings. The van der Waals surface area contributed by atoms with Crippen LogP contribution < -0.4 is 10.7 Å². The Labute approximate surface area is 309 Å². The molecule has 5 aromatic rings. The number of amides is 1. The van der Waals surface area contributed by atoms with Gasteiger partial charge in [-0.25, -0.2) is 4.39 Å². The Morgan fingerprint density at radius 3 is 2.06 bits per heavy atom. The summed E-state index contributed by atoms with van der Waals surface area (Å²) >= 11 is 12.4. The van der Waals surface area contributed by atoms with Gasteiger partial charge in [-0.15, -0.1) is 0 Å². The van der Waals surface area contributed by atoms with Crippen molar-refractivity contribution >= 4 is 46.2 Å². The van der Waals surface area contributed by atoms with Crippen LogP contribution in [0.25, 0.3) is 11.1 Å². The number of nitro benzene ring substituents is 1. The fourth-order valence-electron chi connectivity index (χ4n) is 5.80. The lowest BCUT2D eigenvalue weighted by atomic mass is 10.0. The molecule has 0 aliphatic carbocycles. The molecule has 5 rings (SSSR count). The molecule has 0 bridgehead atoms. The predicted molar refractivity (Wildman–Crippen MR) is 198 cm³/mol. The van der Waals surface area contributed by atoms with Crippen molar-refractivity contribution in [3.05, 3.63) is 151 Å². The Hall–Kier alpha value is -5.08. The van der Waals surface area contributed by atoms with E-state index in [1.165, 1.54) is 47.5 Å². The van der Waals surface area contributed by atoms with Gasteiger partial charge < -0.3 is 15.7 Å². The highest BCUT2D eigenvalue weighted by molar-refractivity contribution is 6.36. The summed E-state index contributed by atoms with van der Waals surface area (Å²) in [6.07, 6.45) is 0. The zero-order chi connectivity index (χ0) is 37.7. The van der Waals surface area contributed by atoms with Crippen LogP contribution in [0, 0.1) is 21.8 Å². The first-order valence-corrected chi connectivity index (χ1v) is 16.9. The fourth-order valence-corrected chi connectivity index (χ4v) is 6.28. The van der Waals surface area contributed by atoms with Crippen LogP contribution >= 0.6 is 23.2 Å². The molecule has 5 N–H and O–H groups in total. The van der Waals surface area contributed by atoms with E-state index in [1.54, 1.807) is 41.3 Å². The van der Waals surface area contributed by atoms with Crippen molar-refractivity contribution < 1.29 is 29.6 Å². The number of anilines is 1. The van der Waals surface area contributed by atoms with Gasteiger partial charge in [0.15, 0.2) is 0 Å². The van der Waals surface area contributed by atoms with Gasteiger partial charge in [-0.05, 0) is 64.1 Å². The molecule has 0 saturated heterocycles. The summed E-state index contributed by atoms with van der Waals surface area (Å²) in [6.45, 7) is 4.37. The normalized spacial score (nSPS) is 11.6. The number of hydrogen-bond donors (Lipinski definition) is 4. The Kier molecular flexibility index (Phi) is 11.8. The topological polar surface area (TPSA) is 153 Å². The first-order chi connectivity index (χ1) is 24.6. The highest BCUT2D eigenvalue weighted by Gasteiger charge is 2.41. The van der Waals surface area contributed by atoms with Gasteiger partial charge in [0.25, 0.3) is 17.3 Å². The van der Waals surface area contributed by atoms with Gasteiger partial charge in [0.2, 0.25) is 5.75 Å². The molecular formula is C38H37Cl2FN5O6+. The molecule has 0 saturated carbocycles. The molecule has 0 aliphatic rings. The van der Waals surface area contributed by atoms with Crippen LogP contribution in [0.1, 0.15) is 40.9 Å². The highest BCUT2D eigenvalue weighted by atomic mass is 35.5. The van der Waals surface area contributed by atoms with Crippen molar-refractivity contribution in [1.82, 2.24) is 14.8 Å². The fraction of sp³-hybridized carbons (Fsp3) is 0.184. The van der Waals surface area contributed by atoms with Crippen LogP contribution in [-0.4, -0.2) is 42.8 Å². The van der Waals surface area contributed by atoms with E-state index in [0.717, 1.165) is 16.7 Å². The summed E-state index contributed by atoms with van der Waals surface area (Å²) in [5.74, 6) is -1.19. The maximum atomic E-state index is 13.7. The Morgan fingerprint density at radius 2 is 1.46 bits per heavy atom. The minimum Gasteiger partial charge on any atom is -0.501 e. The van der Waals surface area contributed by atoms with Crippen molar-refractivity contribution in [2.24, 2.45) is 5.92 Å². The molecule has 0 atom stereocenters. The number of aromatic hydroxyl groups is 1. The number of quaternary nitrogens is 1. The van der Waals surface area contributed by atoms with E-state index >= 15 is 0 Å². The van der Waals surface area contributed by atoms with Crippen molar-refractivity contribution in [2.45, 2.75) is 33.5 Å². The second-order valence-electron chi connectivity index (χ2n) is 12.8. The van der Waals surface area contributed by atoms with Crippen LogP contribution in [0.15, 0.2) is 103 Å². The Bertz CT molecular complexity index is 2080. The SMILES string of the molecule is CC(C)CN(Cc1cccc(CN(Cc2ccc(-c3ccc(F)cc3)cc2)[N+](O)(O)c2cc(Cl)cc(Cl)c2O)c1)C(=O)c1ccc([N+](=O)[O-])c(N)c1. The van der Waals surface area contributed by atoms with Gasteiger partial charge in [0.05, 0.1) is 28.0 Å². The molecule has 0 aliphatic heterocycles. The van der Waals surface area contributed by atoms with Crippen molar-refractivity contribution in [3.63, 3.8) is 0 Å². The summed E-state index contributed by atoms with van der Waals surface area (Å²) < 4.78 is 13.5. The quantitative estimate of drug-likeness (QED) is 0.0403. The van der Waals surface area contributed by atoms with E-state index in [0.29, 0.717) is 17.7 Å². The van der Waals surface area contributed by atoms with E-state index in [-0.39, 0.29) is 69.9 Å². The summed E-state index contributed by atoms with van der Waals surface area (Å²) in [4.78, 5) is 24.0. The Balaban J connectivity index is 1.45. The van der Waals surface area contributed by atoms with E-state index < -0.39 is 15.6 Å². The van der Waals surface area contributed by atoms with E-state index in [9.17, 15) is 34.8 Å². The minimum absolute atomic E-state index is 0.0377. The van der Waals surface area contributed by atoms with E-state index in [2.05, 4.69) is 0 Å². The highest BCUT2D eigenvalue weighted by Crippen LogP contribution is 2.41. The number of phenols is 1. The van der Waals surface area contributed by atoms with Crippen LogP contribution in [-0.2, 0) is 19.6 Å². The smallest absolute Gasteiger partial charge is 0.292 e. The summed E-state index contributed by atoms with van der Waals surface area (Å²) in [7, 11) is 0. The lowest BCUT2D eigenvalue weighted by molar-refractivity contribution is -0.407. The van der Waals surface area contributed by atoms with Crippen LogP contribution in [0.2, 0.25) is 10.0 Å². The zero-order valence-corrected chi connectivity index (χ0v) is 29.8. The summed E-state index contributed by atoms with van der Waals surface area (Å²) in [5, 5.41) is 46.5. The molecule has 5 aromatic carbocycles. The average Bonchev–Trinajstić information content (AvgIpc) is 3.09. The zero-order valence-electron chi connectivity index (χ0n) is 28.3. The van der Waals surface area contributed by atoms with Gasteiger partial charge in [-0.2, -0.15) is 10.4 Å². The largest absolute Gasteiger partial charge is 0.501 e. The molecule has 270 valence electrons. The number of nitrogen functional groups attached to an aromatic ring is 1. The first-order valence-electron chi connectivity index (χ1n) is 16.2. The number of carbonyl (C=O) groups excluding carboxylic acids is 1. The Morgan fingerprint density at radius 1 is 0.865 bits per heavy atom. The molecule has 0 heterocycles. The molecular weight excluding hydrogens is 712 g/mol. The third-order valence-corrected chi connectivity index (χ3v) is 8.80. The van der Waals surface area contributed by atoms with Gasteiger partial charge in [0, 0.05) is 35.8 Å². The van der Waals surface area contributed by atoms with Crippen LogP contribution in [0.3, 0.4) is 0 Å². The number of nitrogens with zero attached hydrogens (tertiary/aromatic N) is 4. The molecule has 0 unspecified atom stereocenters. The molecule has 11 nitrogen and oxygen atoms in total. The van der Waals surface area contributed by atoms with E-state index in [4.69, 9.17) is 28.9 Å². The number of nitro groups is 1. The van der Waals surface area contributed by atoms with Gasteiger partial charge in [-0.3, -0.25) is 14.9 Å². The third-order valence-electron chi connectivity index (χ3n) is 8.30. The van der Waals surface area contributed by atoms with Crippen molar-refractivity contribution in [3.8, 4) is 16.9 Å². The van der Waals surface area contributed by atoms with Gasteiger partial charge >= 0.3 is 0 Å². The number of phenolic OH excluding ortho intramolecular Hbond substituents is 1. The molecule has 14 heteroatoms. The second-order valence-corrected chi connectivity index (χ2v) is 13.6. The predicted octanol–water partition coefficient (Wildman–Crippen LogP) is 9.00. The maximum absolute atomic E-state index is 13.7. The minimum atomic E-state index is -1.91. The summed E-state index contributed by atoms with van der Waals surface area (Å²) in [5.41, 5.74) is 8.97. The first kappa shape index (κ1) is 38.2.